The number of aromatic nitrogens is 1. The molecule has 18 heavy (non-hydrogen) atoms. The molecule has 2 fully saturated rings. The summed E-state index contributed by atoms with van der Waals surface area (Å²) in [6.45, 7) is 2.30. The van der Waals surface area contributed by atoms with Gasteiger partial charge in [0, 0.05) is 29.3 Å². The highest BCUT2D eigenvalue weighted by Crippen LogP contribution is 2.28. The Morgan fingerprint density at radius 1 is 1.39 bits per heavy atom. The van der Waals surface area contributed by atoms with E-state index in [1.807, 2.05) is 6.07 Å². The summed E-state index contributed by atoms with van der Waals surface area (Å²) in [6.07, 6.45) is 5.19. The highest BCUT2D eigenvalue weighted by atomic mass is 79.9. The van der Waals surface area contributed by atoms with Gasteiger partial charge in [-0.05, 0) is 53.9 Å². The summed E-state index contributed by atoms with van der Waals surface area (Å²) in [7, 11) is 0. The van der Waals surface area contributed by atoms with Gasteiger partial charge in [0.2, 0.25) is 0 Å². The maximum atomic E-state index is 12.1. The van der Waals surface area contributed by atoms with E-state index in [1.165, 1.54) is 19.4 Å². The first-order valence-corrected chi connectivity index (χ1v) is 7.20. The summed E-state index contributed by atoms with van der Waals surface area (Å²) >= 11 is 3.32. The van der Waals surface area contributed by atoms with E-state index >= 15 is 0 Å². The Bertz CT molecular complexity index is 448. The van der Waals surface area contributed by atoms with Crippen LogP contribution in [0.5, 0.6) is 0 Å². The molecular weight excluding hydrogens is 294 g/mol. The lowest BCUT2D eigenvalue weighted by atomic mass is 10.1. The minimum atomic E-state index is -0.0544. The largest absolute Gasteiger partial charge is 0.346 e. The number of pyridine rings is 1. The lowest BCUT2D eigenvalue weighted by Crippen LogP contribution is -2.42. The summed E-state index contributed by atoms with van der Waals surface area (Å²) < 4.78 is 0.891. The van der Waals surface area contributed by atoms with Crippen molar-refractivity contribution in [2.45, 2.75) is 31.3 Å². The summed E-state index contributed by atoms with van der Waals surface area (Å²) in [5.74, 6) is -0.0544. The molecule has 1 aromatic rings. The van der Waals surface area contributed by atoms with Crippen LogP contribution in [0.1, 0.15) is 29.8 Å². The van der Waals surface area contributed by atoms with Crippen LogP contribution in [0, 0.1) is 0 Å². The zero-order chi connectivity index (χ0) is 12.5. The van der Waals surface area contributed by atoms with E-state index < -0.39 is 0 Å². The second-order valence-electron chi connectivity index (χ2n) is 4.98. The minimum absolute atomic E-state index is 0.0544. The molecule has 1 amide bonds. The van der Waals surface area contributed by atoms with E-state index in [1.54, 1.807) is 12.3 Å². The molecule has 5 heteroatoms. The molecule has 2 aliphatic heterocycles. The molecule has 96 valence electrons. The van der Waals surface area contributed by atoms with Crippen molar-refractivity contribution in [2.24, 2.45) is 0 Å². The van der Waals surface area contributed by atoms with Crippen LogP contribution < -0.4 is 5.32 Å². The lowest BCUT2D eigenvalue weighted by molar-refractivity contribution is 0.0924. The predicted octanol–water partition coefficient (Wildman–Crippen LogP) is 1.81. The SMILES string of the molecule is O=C(NC1CCN2CCCC12)c1ccc(Br)cn1. The molecular formula is C13H16BrN3O. The minimum Gasteiger partial charge on any atom is -0.346 e. The van der Waals surface area contributed by atoms with Gasteiger partial charge in [0.05, 0.1) is 0 Å². The average Bonchev–Trinajstić information content (AvgIpc) is 2.95. The van der Waals surface area contributed by atoms with Crippen LogP contribution in [-0.4, -0.2) is 41.0 Å². The van der Waals surface area contributed by atoms with Gasteiger partial charge in [0.15, 0.2) is 0 Å². The molecule has 0 aliphatic carbocycles. The second-order valence-corrected chi connectivity index (χ2v) is 5.89. The number of nitrogens with one attached hydrogen (secondary N) is 1. The van der Waals surface area contributed by atoms with Crippen LogP contribution in [0.4, 0.5) is 0 Å². The molecule has 3 heterocycles. The quantitative estimate of drug-likeness (QED) is 0.906. The normalized spacial score (nSPS) is 27.2. The zero-order valence-corrected chi connectivity index (χ0v) is 11.7. The van der Waals surface area contributed by atoms with Gasteiger partial charge in [-0.3, -0.25) is 9.69 Å². The van der Waals surface area contributed by atoms with Gasteiger partial charge >= 0.3 is 0 Å². The van der Waals surface area contributed by atoms with E-state index in [0.717, 1.165) is 17.4 Å². The van der Waals surface area contributed by atoms with Crippen molar-refractivity contribution in [3.05, 3.63) is 28.5 Å². The van der Waals surface area contributed by atoms with Crippen molar-refractivity contribution in [3.63, 3.8) is 0 Å². The molecule has 2 unspecified atom stereocenters. The Morgan fingerprint density at radius 2 is 2.28 bits per heavy atom. The predicted molar refractivity (Wildman–Crippen MR) is 72.4 cm³/mol. The van der Waals surface area contributed by atoms with Crippen LogP contribution >= 0.6 is 15.9 Å². The van der Waals surface area contributed by atoms with Crippen molar-refractivity contribution in [2.75, 3.05) is 13.1 Å². The van der Waals surface area contributed by atoms with Crippen LogP contribution in [0.25, 0.3) is 0 Å². The van der Waals surface area contributed by atoms with E-state index in [9.17, 15) is 4.79 Å². The maximum absolute atomic E-state index is 12.1. The fourth-order valence-corrected chi connectivity index (χ4v) is 3.24. The van der Waals surface area contributed by atoms with Gasteiger partial charge in [0.25, 0.3) is 5.91 Å². The van der Waals surface area contributed by atoms with Crippen LogP contribution in [0.15, 0.2) is 22.8 Å². The third-order valence-corrected chi connectivity index (χ3v) is 4.35. The second kappa shape index (κ2) is 4.97. The first kappa shape index (κ1) is 12.1. The molecule has 3 rings (SSSR count). The highest BCUT2D eigenvalue weighted by molar-refractivity contribution is 9.10. The van der Waals surface area contributed by atoms with E-state index in [-0.39, 0.29) is 5.91 Å². The van der Waals surface area contributed by atoms with Crippen molar-refractivity contribution in [1.82, 2.24) is 15.2 Å². The lowest BCUT2D eigenvalue weighted by Gasteiger charge is -2.21. The van der Waals surface area contributed by atoms with Crippen molar-refractivity contribution in [3.8, 4) is 0 Å². The average molecular weight is 310 g/mol. The van der Waals surface area contributed by atoms with Crippen molar-refractivity contribution < 1.29 is 4.79 Å². The summed E-state index contributed by atoms with van der Waals surface area (Å²) in [6, 6.07) is 4.44. The fourth-order valence-electron chi connectivity index (χ4n) is 3.00. The molecule has 1 N–H and O–H groups in total. The van der Waals surface area contributed by atoms with Crippen LogP contribution in [-0.2, 0) is 0 Å². The topological polar surface area (TPSA) is 45.2 Å². The number of rotatable bonds is 2. The van der Waals surface area contributed by atoms with E-state index in [0.29, 0.717) is 17.8 Å². The van der Waals surface area contributed by atoms with E-state index in [2.05, 4.69) is 31.1 Å². The number of fused-ring (bicyclic) bond motifs is 1. The fraction of sp³-hybridized carbons (Fsp3) is 0.538. The Hall–Kier alpha value is -0.940. The highest BCUT2D eigenvalue weighted by Gasteiger charge is 2.37. The molecule has 2 aliphatic rings. The molecule has 4 nitrogen and oxygen atoms in total. The number of carbonyl (C=O) groups is 1. The number of nitrogens with zero attached hydrogens (tertiary/aromatic N) is 2. The molecule has 1 aromatic heterocycles. The van der Waals surface area contributed by atoms with Gasteiger partial charge < -0.3 is 5.32 Å². The monoisotopic (exact) mass is 309 g/mol. The van der Waals surface area contributed by atoms with Crippen molar-refractivity contribution in [1.29, 1.82) is 0 Å². The Balaban J connectivity index is 1.66. The van der Waals surface area contributed by atoms with Gasteiger partial charge in [-0.25, -0.2) is 4.98 Å². The molecule has 2 saturated heterocycles. The molecule has 0 radical (unpaired) electrons. The van der Waals surface area contributed by atoms with Crippen LogP contribution in [0.3, 0.4) is 0 Å². The van der Waals surface area contributed by atoms with Gasteiger partial charge in [-0.2, -0.15) is 0 Å². The number of halogens is 1. The molecule has 0 saturated carbocycles. The van der Waals surface area contributed by atoms with Gasteiger partial charge in [0.1, 0.15) is 5.69 Å². The summed E-state index contributed by atoms with van der Waals surface area (Å²) in [4.78, 5) is 18.7. The Labute approximate surface area is 115 Å². The van der Waals surface area contributed by atoms with E-state index in [4.69, 9.17) is 0 Å². The third-order valence-electron chi connectivity index (χ3n) is 3.88. The van der Waals surface area contributed by atoms with Crippen molar-refractivity contribution >= 4 is 21.8 Å². The molecule has 0 aromatic carbocycles. The third kappa shape index (κ3) is 2.29. The number of hydrogen-bond acceptors (Lipinski definition) is 3. The smallest absolute Gasteiger partial charge is 0.270 e. The number of hydrogen-bond donors (Lipinski definition) is 1. The summed E-state index contributed by atoms with van der Waals surface area (Å²) in [5.41, 5.74) is 0.495. The first-order valence-electron chi connectivity index (χ1n) is 6.40. The molecule has 2 atom stereocenters. The zero-order valence-electron chi connectivity index (χ0n) is 10.1. The maximum Gasteiger partial charge on any atom is 0.270 e. The molecule has 0 spiro atoms. The molecule has 0 bridgehead atoms. The van der Waals surface area contributed by atoms with Gasteiger partial charge in [-0.1, -0.05) is 0 Å². The Kier molecular flexibility index (Phi) is 3.35. The first-order chi connectivity index (χ1) is 8.74. The Morgan fingerprint density at radius 3 is 3.06 bits per heavy atom. The number of carbonyl (C=O) groups excluding carboxylic acids is 1. The standard InChI is InChI=1S/C13H16BrN3O/c14-9-3-4-11(15-8-9)13(18)16-10-5-7-17-6-1-2-12(10)17/h3-4,8,10,12H,1-2,5-7H2,(H,16,18). The van der Waals surface area contributed by atoms with Gasteiger partial charge in [-0.15, -0.1) is 0 Å². The van der Waals surface area contributed by atoms with Crippen LogP contribution in [0.2, 0.25) is 0 Å². The summed E-state index contributed by atoms with van der Waals surface area (Å²) in [5, 5.41) is 3.13. The number of amides is 1.